The van der Waals surface area contributed by atoms with Gasteiger partial charge < -0.3 is 15.4 Å². The number of fused-ring (bicyclic) bond motifs is 1. The highest BCUT2D eigenvalue weighted by atomic mass is 16.5. The van der Waals surface area contributed by atoms with Crippen LogP contribution in [0.4, 0.5) is 11.4 Å². The van der Waals surface area contributed by atoms with E-state index < -0.39 is 0 Å². The molecule has 3 rings (SSSR count). The number of nitrogens with one attached hydrogen (secondary N) is 2. The maximum atomic E-state index is 11.4. The van der Waals surface area contributed by atoms with Gasteiger partial charge in [0.2, 0.25) is 5.91 Å². The second-order valence-electron chi connectivity index (χ2n) is 6.03. The Morgan fingerprint density at radius 3 is 2.96 bits per heavy atom. The van der Waals surface area contributed by atoms with Gasteiger partial charge in [0.05, 0.1) is 16.9 Å². The average Bonchev–Trinajstić information content (AvgIpc) is 2.58. The molecule has 0 saturated carbocycles. The quantitative estimate of drug-likeness (QED) is 0.820. The molecule has 0 fully saturated rings. The van der Waals surface area contributed by atoms with Crippen molar-refractivity contribution >= 4 is 17.3 Å². The van der Waals surface area contributed by atoms with E-state index >= 15 is 0 Å². The number of carbonyl (C=O) groups excluding carboxylic acids is 1. The lowest BCUT2D eigenvalue weighted by Crippen LogP contribution is -2.19. The fourth-order valence-corrected chi connectivity index (χ4v) is 2.91. The minimum atomic E-state index is 0.0570. The molecule has 0 unspecified atom stereocenters. The Morgan fingerprint density at radius 2 is 2.16 bits per heavy atom. The molecule has 2 aromatic rings. The summed E-state index contributed by atoms with van der Waals surface area (Å²) >= 11 is 0. The molecular formula is C19H20N4O2. The van der Waals surface area contributed by atoms with Gasteiger partial charge in [-0.1, -0.05) is 0 Å². The van der Waals surface area contributed by atoms with E-state index in [0.29, 0.717) is 25.1 Å². The lowest BCUT2D eigenvalue weighted by atomic mass is 10.0. The van der Waals surface area contributed by atoms with E-state index in [1.807, 2.05) is 38.1 Å². The fourth-order valence-electron chi connectivity index (χ4n) is 2.91. The van der Waals surface area contributed by atoms with Crippen molar-refractivity contribution in [3.63, 3.8) is 0 Å². The summed E-state index contributed by atoms with van der Waals surface area (Å²) in [6.45, 7) is 4.78. The summed E-state index contributed by atoms with van der Waals surface area (Å²) in [5, 5.41) is 15.4. The number of benzene rings is 1. The molecule has 0 atom stereocenters. The zero-order valence-corrected chi connectivity index (χ0v) is 14.3. The molecule has 128 valence electrons. The van der Waals surface area contributed by atoms with Crippen molar-refractivity contribution < 1.29 is 9.53 Å². The molecule has 0 aliphatic carbocycles. The zero-order chi connectivity index (χ0) is 17.8. The smallest absolute Gasteiger partial charge is 0.224 e. The largest absolute Gasteiger partial charge is 0.492 e. The Hall–Kier alpha value is -3.07. The third kappa shape index (κ3) is 3.89. The number of aromatic nitrogens is 1. The number of hydrogen-bond donors (Lipinski definition) is 2. The van der Waals surface area contributed by atoms with Gasteiger partial charge in [0.25, 0.3) is 0 Å². The lowest BCUT2D eigenvalue weighted by Gasteiger charge is -2.18. The van der Waals surface area contributed by atoms with Crippen molar-refractivity contribution in [1.82, 2.24) is 4.98 Å². The van der Waals surface area contributed by atoms with Gasteiger partial charge in [-0.3, -0.25) is 9.78 Å². The van der Waals surface area contributed by atoms with Crippen LogP contribution in [-0.2, 0) is 11.2 Å². The van der Waals surface area contributed by atoms with Crippen LogP contribution in [0.1, 0.15) is 28.9 Å². The highest BCUT2D eigenvalue weighted by molar-refractivity contribution is 5.94. The summed E-state index contributed by atoms with van der Waals surface area (Å²) in [5.74, 6) is 0.834. The van der Waals surface area contributed by atoms with E-state index in [9.17, 15) is 10.1 Å². The van der Waals surface area contributed by atoms with E-state index in [1.165, 1.54) is 0 Å². The lowest BCUT2D eigenvalue weighted by molar-refractivity contribution is -0.116. The van der Waals surface area contributed by atoms with Gasteiger partial charge in [-0.25, -0.2) is 0 Å². The fraction of sp³-hybridized carbons (Fsp3) is 0.316. The van der Waals surface area contributed by atoms with Gasteiger partial charge in [0.1, 0.15) is 18.4 Å². The molecule has 0 radical (unpaired) electrons. The topological polar surface area (TPSA) is 87.0 Å². The monoisotopic (exact) mass is 336 g/mol. The van der Waals surface area contributed by atoms with Crippen LogP contribution in [0.2, 0.25) is 0 Å². The number of rotatable bonds is 5. The molecule has 1 amide bonds. The summed E-state index contributed by atoms with van der Waals surface area (Å²) in [4.78, 5) is 15.7. The molecule has 6 heteroatoms. The minimum absolute atomic E-state index is 0.0570. The van der Waals surface area contributed by atoms with Crippen LogP contribution in [0.3, 0.4) is 0 Å². The first-order chi connectivity index (χ1) is 12.1. The predicted molar refractivity (Wildman–Crippen MR) is 95.8 cm³/mol. The summed E-state index contributed by atoms with van der Waals surface area (Å²) in [6.07, 6.45) is 1.24. The van der Waals surface area contributed by atoms with Gasteiger partial charge in [-0.05, 0) is 50.1 Å². The number of nitriles is 1. The average molecular weight is 336 g/mol. The molecule has 0 saturated heterocycles. The Morgan fingerprint density at radius 1 is 1.32 bits per heavy atom. The number of aryl methyl sites for hydroxylation is 3. The Bertz CT molecular complexity index is 855. The number of amides is 1. The van der Waals surface area contributed by atoms with E-state index in [2.05, 4.69) is 21.7 Å². The molecule has 25 heavy (non-hydrogen) atoms. The number of anilines is 2. The van der Waals surface area contributed by atoms with E-state index in [-0.39, 0.29) is 5.91 Å². The van der Waals surface area contributed by atoms with Crippen LogP contribution in [0, 0.1) is 25.2 Å². The first-order valence-corrected chi connectivity index (χ1v) is 8.24. The van der Waals surface area contributed by atoms with Crippen LogP contribution in [0.25, 0.3) is 0 Å². The molecule has 1 aliphatic heterocycles. The third-order valence-electron chi connectivity index (χ3n) is 4.10. The van der Waals surface area contributed by atoms with Crippen molar-refractivity contribution in [2.75, 3.05) is 23.8 Å². The number of carbonyl (C=O) groups is 1. The highest BCUT2D eigenvalue weighted by Crippen LogP contribution is 2.26. The Balaban J connectivity index is 1.58. The molecule has 1 aliphatic rings. The van der Waals surface area contributed by atoms with E-state index in [4.69, 9.17) is 4.74 Å². The molecule has 0 spiro atoms. The van der Waals surface area contributed by atoms with Crippen LogP contribution in [0.5, 0.6) is 5.75 Å². The van der Waals surface area contributed by atoms with Crippen molar-refractivity contribution in [2.45, 2.75) is 26.7 Å². The van der Waals surface area contributed by atoms with Crippen molar-refractivity contribution in [1.29, 1.82) is 5.26 Å². The highest BCUT2D eigenvalue weighted by Gasteiger charge is 2.15. The van der Waals surface area contributed by atoms with Crippen LogP contribution in [-0.4, -0.2) is 24.0 Å². The zero-order valence-electron chi connectivity index (χ0n) is 14.3. The normalized spacial score (nSPS) is 12.8. The number of hydrogen-bond acceptors (Lipinski definition) is 5. The predicted octanol–water partition coefficient (Wildman–Crippen LogP) is 2.95. The van der Waals surface area contributed by atoms with Crippen molar-refractivity contribution in [3.8, 4) is 11.8 Å². The first kappa shape index (κ1) is 16.8. The molecule has 0 bridgehead atoms. The molecule has 2 heterocycles. The van der Waals surface area contributed by atoms with Crippen molar-refractivity contribution in [3.05, 3.63) is 46.8 Å². The van der Waals surface area contributed by atoms with Crippen molar-refractivity contribution in [2.24, 2.45) is 0 Å². The number of pyridine rings is 1. The van der Waals surface area contributed by atoms with Gasteiger partial charge in [0.15, 0.2) is 0 Å². The first-order valence-electron chi connectivity index (χ1n) is 8.24. The molecule has 2 N–H and O–H groups in total. The summed E-state index contributed by atoms with van der Waals surface area (Å²) in [5.41, 5.74) is 4.90. The van der Waals surface area contributed by atoms with Gasteiger partial charge in [0, 0.05) is 24.3 Å². The Kier molecular flexibility index (Phi) is 4.85. The molecule has 1 aromatic heterocycles. The van der Waals surface area contributed by atoms with Crippen LogP contribution < -0.4 is 15.4 Å². The van der Waals surface area contributed by atoms with Crippen LogP contribution >= 0.6 is 0 Å². The summed E-state index contributed by atoms with van der Waals surface area (Å²) < 4.78 is 5.78. The van der Waals surface area contributed by atoms with E-state index in [1.54, 1.807) is 0 Å². The maximum absolute atomic E-state index is 11.4. The minimum Gasteiger partial charge on any atom is -0.492 e. The van der Waals surface area contributed by atoms with Gasteiger partial charge >= 0.3 is 0 Å². The Labute approximate surface area is 146 Å². The number of ether oxygens (including phenoxy) is 1. The SMILES string of the molecule is Cc1cc(NCCOc2ccc3c(c2)CCC(=O)N3)c(C#N)c(C)n1. The number of nitrogens with zero attached hydrogens (tertiary/aromatic N) is 2. The van der Waals surface area contributed by atoms with E-state index in [0.717, 1.165) is 40.5 Å². The molecular weight excluding hydrogens is 316 g/mol. The maximum Gasteiger partial charge on any atom is 0.224 e. The van der Waals surface area contributed by atoms with Gasteiger partial charge in [-0.15, -0.1) is 0 Å². The summed E-state index contributed by atoms with van der Waals surface area (Å²) in [7, 11) is 0. The summed E-state index contributed by atoms with van der Waals surface area (Å²) in [6, 6.07) is 9.75. The third-order valence-corrected chi connectivity index (χ3v) is 4.10. The van der Waals surface area contributed by atoms with Gasteiger partial charge in [-0.2, -0.15) is 5.26 Å². The molecule has 1 aromatic carbocycles. The standard InChI is InChI=1S/C19H20N4O2/c1-12-9-18(16(11-20)13(2)22-12)21-7-8-25-15-4-5-17-14(10-15)3-6-19(24)23-17/h4-5,9-10H,3,6-8H2,1-2H3,(H,21,22)(H,23,24). The second kappa shape index (κ2) is 7.22. The van der Waals surface area contributed by atoms with Crippen LogP contribution in [0.15, 0.2) is 24.3 Å². The molecule has 6 nitrogen and oxygen atoms in total. The second-order valence-corrected chi connectivity index (χ2v) is 6.03.